The zero-order valence-electron chi connectivity index (χ0n) is 37.1. The summed E-state index contributed by atoms with van der Waals surface area (Å²) in [7, 11) is 1.51. The van der Waals surface area contributed by atoms with Crippen LogP contribution in [0.4, 0.5) is 21.9 Å². The molecule has 13 nitrogen and oxygen atoms in total. The minimum Gasteiger partial charge on any atom is -0.493 e. The molecule has 66 heavy (non-hydrogen) atoms. The largest absolute Gasteiger partial charge is 0.493 e. The van der Waals surface area contributed by atoms with Crippen molar-refractivity contribution in [2.45, 2.75) is 82.6 Å². The molecule has 4 atom stereocenters. The average molecular weight is 915 g/mol. The Balaban J connectivity index is 0.973. The highest BCUT2D eigenvalue weighted by atomic mass is 35.5. The standard InChI is InChI=1S/C52H55ClN4O9/c1-3-22-63-52(60)57-42-27-46(45(61-2)26-40(42)50(59)55-21-8-6-15-41(55)51(57)66-48-16-7-9-23-62-48)65-32-35-12-10-11-34(24-35)25-47(58)56-30-36(29-53)49-39-14-5-4-13-38(39)44(28-43(49)56)64-31-33-17-19-37(54)20-18-33/h3-5,10-14,17-20,24,26-28,36,41,48,51H,1,6-9,15-16,21-23,25,29-32,54H2,2H3/t36-,41+,48?,51?/m1/s1. The van der Waals surface area contributed by atoms with Gasteiger partial charge in [0, 0.05) is 54.7 Å². The summed E-state index contributed by atoms with van der Waals surface area (Å²) >= 11 is 6.60. The van der Waals surface area contributed by atoms with Crippen molar-refractivity contribution >= 4 is 57.3 Å². The maximum absolute atomic E-state index is 14.4. The van der Waals surface area contributed by atoms with E-state index in [-0.39, 0.29) is 48.6 Å². The number of alkyl halides is 1. The van der Waals surface area contributed by atoms with Crippen molar-refractivity contribution < 1.29 is 42.8 Å². The summed E-state index contributed by atoms with van der Waals surface area (Å²) in [5, 5.41) is 1.97. The average Bonchev–Trinajstić information content (AvgIpc) is 3.70. The molecule has 0 aliphatic carbocycles. The molecule has 5 aromatic carbocycles. The topological polar surface area (TPSA) is 142 Å². The van der Waals surface area contributed by atoms with Crippen LogP contribution < -0.4 is 29.7 Å². The number of fused-ring (bicyclic) bond motifs is 5. The highest BCUT2D eigenvalue weighted by molar-refractivity contribution is 6.19. The van der Waals surface area contributed by atoms with E-state index in [1.165, 1.54) is 18.1 Å². The van der Waals surface area contributed by atoms with E-state index in [0.717, 1.165) is 64.4 Å². The Labute approximate surface area is 389 Å². The van der Waals surface area contributed by atoms with Crippen LogP contribution in [-0.4, -0.2) is 80.7 Å². The fourth-order valence-electron chi connectivity index (χ4n) is 9.62. The van der Waals surface area contributed by atoms with Gasteiger partial charge in [0.2, 0.25) is 5.91 Å². The number of piperidine rings is 1. The molecular weight excluding hydrogens is 860 g/mol. The molecule has 2 fully saturated rings. The lowest BCUT2D eigenvalue weighted by Crippen LogP contribution is -2.57. The van der Waals surface area contributed by atoms with Crippen LogP contribution in [0.2, 0.25) is 0 Å². The SMILES string of the molecule is C=CCOC(=O)N1c2cc(OCc3cccc(CC(=O)N4C[C@@H](CCl)c5c4cc(OCc4ccc(N)cc4)c4ccccc54)c3)c(OC)cc2C(=O)N2CCCC[C@H]2C1OC1CCCCO1. The Morgan fingerprint density at radius 2 is 1.61 bits per heavy atom. The van der Waals surface area contributed by atoms with Crippen molar-refractivity contribution in [2.75, 3.05) is 54.8 Å². The number of carbonyl (C=O) groups is 3. The number of nitrogens with two attached hydrogens (primary N) is 1. The first kappa shape index (κ1) is 44.9. The summed E-state index contributed by atoms with van der Waals surface area (Å²) in [6.45, 7) is 5.64. The summed E-state index contributed by atoms with van der Waals surface area (Å²) in [6, 6.07) is 28.1. The molecule has 2 unspecified atom stereocenters. The molecule has 5 aromatic rings. The second kappa shape index (κ2) is 20.1. The first-order chi connectivity index (χ1) is 32.2. The summed E-state index contributed by atoms with van der Waals surface area (Å²) < 4.78 is 37.1. The Kier molecular flexibility index (Phi) is 13.7. The molecule has 0 radical (unpaired) electrons. The monoisotopic (exact) mass is 914 g/mol. The Morgan fingerprint density at radius 3 is 2.38 bits per heavy atom. The van der Waals surface area contributed by atoms with Crippen molar-refractivity contribution in [3.05, 3.63) is 131 Å². The van der Waals surface area contributed by atoms with Gasteiger partial charge in [-0.1, -0.05) is 73.3 Å². The Morgan fingerprint density at radius 1 is 0.848 bits per heavy atom. The molecule has 0 spiro atoms. The highest BCUT2D eigenvalue weighted by Gasteiger charge is 2.47. The molecular formula is C52H55ClN4O9. The molecule has 4 aliphatic heterocycles. The molecule has 2 saturated heterocycles. The summed E-state index contributed by atoms with van der Waals surface area (Å²) in [4.78, 5) is 48.0. The van der Waals surface area contributed by atoms with Gasteiger partial charge in [0.25, 0.3) is 5.91 Å². The van der Waals surface area contributed by atoms with Gasteiger partial charge in [0.05, 0.1) is 36.5 Å². The second-order valence-electron chi connectivity index (χ2n) is 17.2. The number of methoxy groups -OCH3 is 1. The number of hydrogen-bond acceptors (Lipinski definition) is 10. The lowest BCUT2D eigenvalue weighted by atomic mass is 9.95. The van der Waals surface area contributed by atoms with Crippen LogP contribution in [0.25, 0.3) is 10.8 Å². The number of nitrogen functional groups attached to an aromatic ring is 1. The third-order valence-electron chi connectivity index (χ3n) is 12.8. The van der Waals surface area contributed by atoms with E-state index in [0.29, 0.717) is 68.0 Å². The molecule has 4 aliphatic rings. The normalized spacial score (nSPS) is 20.2. The molecule has 2 N–H and O–H groups in total. The van der Waals surface area contributed by atoms with Gasteiger partial charge in [-0.3, -0.25) is 9.59 Å². The molecule has 0 bridgehead atoms. The van der Waals surface area contributed by atoms with Crippen molar-refractivity contribution in [3.8, 4) is 17.2 Å². The number of amides is 3. The predicted octanol–water partition coefficient (Wildman–Crippen LogP) is 9.51. The van der Waals surface area contributed by atoms with E-state index < -0.39 is 24.7 Å². The van der Waals surface area contributed by atoms with E-state index in [9.17, 15) is 14.4 Å². The van der Waals surface area contributed by atoms with Crippen molar-refractivity contribution in [1.29, 1.82) is 0 Å². The minimum atomic E-state index is -0.888. The number of carbonyl (C=O) groups excluding carboxylic acids is 3. The maximum Gasteiger partial charge on any atom is 0.416 e. The fourth-order valence-corrected chi connectivity index (χ4v) is 9.87. The smallest absolute Gasteiger partial charge is 0.416 e. The quantitative estimate of drug-likeness (QED) is 0.0651. The first-order valence-corrected chi connectivity index (χ1v) is 23.2. The number of benzene rings is 5. The second-order valence-corrected chi connectivity index (χ2v) is 17.5. The number of rotatable bonds is 14. The van der Waals surface area contributed by atoms with Gasteiger partial charge in [0.15, 0.2) is 24.0 Å². The summed E-state index contributed by atoms with van der Waals surface area (Å²) in [5.41, 5.74) is 11.6. The lowest BCUT2D eigenvalue weighted by molar-refractivity contribution is -0.198. The van der Waals surface area contributed by atoms with Crippen LogP contribution in [0, 0.1) is 0 Å². The third kappa shape index (κ3) is 9.25. The van der Waals surface area contributed by atoms with Crippen LogP contribution in [0.15, 0.2) is 104 Å². The predicted molar refractivity (Wildman–Crippen MR) is 254 cm³/mol. The van der Waals surface area contributed by atoms with Crippen LogP contribution >= 0.6 is 11.6 Å². The summed E-state index contributed by atoms with van der Waals surface area (Å²) in [5.74, 6) is 1.30. The fraction of sp³-hybridized carbons (Fsp3) is 0.365. The molecule has 0 saturated carbocycles. The van der Waals surface area contributed by atoms with Gasteiger partial charge in [0.1, 0.15) is 25.6 Å². The van der Waals surface area contributed by atoms with E-state index in [4.69, 9.17) is 45.8 Å². The van der Waals surface area contributed by atoms with Gasteiger partial charge in [-0.05, 0) is 84.4 Å². The van der Waals surface area contributed by atoms with E-state index in [1.54, 1.807) is 17.0 Å². The Bertz CT molecular complexity index is 2600. The van der Waals surface area contributed by atoms with Gasteiger partial charge in [-0.25, -0.2) is 9.69 Å². The number of nitrogens with zero attached hydrogens (tertiary/aromatic N) is 3. The van der Waals surface area contributed by atoms with Crippen LogP contribution in [0.5, 0.6) is 17.2 Å². The minimum absolute atomic E-state index is 0.0345. The number of hydrogen-bond donors (Lipinski definition) is 1. The molecule has 4 heterocycles. The van der Waals surface area contributed by atoms with Crippen molar-refractivity contribution in [3.63, 3.8) is 0 Å². The summed E-state index contributed by atoms with van der Waals surface area (Å²) in [6.07, 6.45) is 4.36. The molecule has 14 heteroatoms. The van der Waals surface area contributed by atoms with Gasteiger partial charge in [-0.2, -0.15) is 0 Å². The van der Waals surface area contributed by atoms with Crippen LogP contribution in [0.3, 0.4) is 0 Å². The van der Waals surface area contributed by atoms with E-state index >= 15 is 0 Å². The zero-order valence-corrected chi connectivity index (χ0v) is 37.9. The van der Waals surface area contributed by atoms with Crippen LogP contribution in [-0.2, 0) is 38.6 Å². The van der Waals surface area contributed by atoms with Gasteiger partial charge >= 0.3 is 6.09 Å². The third-order valence-corrected chi connectivity index (χ3v) is 13.2. The van der Waals surface area contributed by atoms with Crippen molar-refractivity contribution in [2.24, 2.45) is 0 Å². The van der Waals surface area contributed by atoms with Gasteiger partial charge in [-0.15, -0.1) is 11.6 Å². The first-order valence-electron chi connectivity index (χ1n) is 22.7. The Hall–Kier alpha value is -6.28. The molecule has 0 aromatic heterocycles. The maximum atomic E-state index is 14.4. The van der Waals surface area contributed by atoms with E-state index in [1.807, 2.05) is 77.7 Å². The number of halogens is 1. The van der Waals surface area contributed by atoms with Crippen molar-refractivity contribution in [1.82, 2.24) is 4.90 Å². The zero-order chi connectivity index (χ0) is 45.7. The van der Waals surface area contributed by atoms with Crippen LogP contribution in [0.1, 0.15) is 77.1 Å². The number of ether oxygens (including phenoxy) is 6. The highest BCUT2D eigenvalue weighted by Crippen LogP contribution is 2.47. The molecule has 9 rings (SSSR count). The molecule has 344 valence electrons. The van der Waals surface area contributed by atoms with Gasteiger partial charge < -0.3 is 44.0 Å². The number of anilines is 3. The van der Waals surface area contributed by atoms with E-state index in [2.05, 4.69) is 12.6 Å². The lowest BCUT2D eigenvalue weighted by Gasteiger charge is -2.42. The molecule has 3 amide bonds.